The van der Waals surface area contributed by atoms with Gasteiger partial charge in [-0.25, -0.2) is 4.79 Å². The lowest BCUT2D eigenvalue weighted by molar-refractivity contribution is -0.151. The number of carbonyl (C=O) groups excluding carboxylic acids is 2. The van der Waals surface area contributed by atoms with Crippen molar-refractivity contribution in [3.05, 3.63) is 92.8 Å². The van der Waals surface area contributed by atoms with Crippen molar-refractivity contribution in [3.8, 4) is 0 Å². The fourth-order valence-electron chi connectivity index (χ4n) is 6.47. The van der Waals surface area contributed by atoms with E-state index in [0.29, 0.717) is 6.61 Å². The van der Waals surface area contributed by atoms with Gasteiger partial charge in [0.1, 0.15) is 24.7 Å². The van der Waals surface area contributed by atoms with Crippen molar-refractivity contribution in [1.29, 1.82) is 0 Å². The third-order valence-electron chi connectivity index (χ3n) is 9.01. The first kappa shape index (κ1) is 32.6. The van der Waals surface area contributed by atoms with Crippen molar-refractivity contribution < 1.29 is 28.9 Å². The van der Waals surface area contributed by atoms with Crippen LogP contribution in [-0.2, 0) is 36.8 Å². The van der Waals surface area contributed by atoms with E-state index in [9.17, 15) is 24.3 Å². The monoisotopic (exact) mass is 640 g/mol. The highest BCUT2D eigenvalue weighted by molar-refractivity contribution is 6.23. The van der Waals surface area contributed by atoms with Crippen LogP contribution < -0.4 is 11.2 Å². The number of H-pyrrole nitrogens is 1. The van der Waals surface area contributed by atoms with Crippen LogP contribution >= 0.6 is 0 Å². The summed E-state index contributed by atoms with van der Waals surface area (Å²) < 4.78 is 17.9. The second-order valence-electron chi connectivity index (χ2n) is 12.4. The molecule has 6 rings (SSSR count). The van der Waals surface area contributed by atoms with Gasteiger partial charge in [0.15, 0.2) is 0 Å². The number of benzene rings is 4. The molecule has 0 bridgehead atoms. The molecule has 1 saturated heterocycles. The first-order valence-electron chi connectivity index (χ1n) is 16.3. The number of aliphatic hydroxyl groups excluding tert-OH is 1. The second kappa shape index (κ2) is 14.6. The molecule has 10 nitrogen and oxygen atoms in total. The van der Waals surface area contributed by atoms with Crippen LogP contribution in [0.2, 0.25) is 0 Å². The molecule has 1 aliphatic heterocycles. The van der Waals surface area contributed by atoms with E-state index in [2.05, 4.69) is 59.6 Å². The zero-order chi connectivity index (χ0) is 32.9. The van der Waals surface area contributed by atoms with Gasteiger partial charge in [0.2, 0.25) is 0 Å². The van der Waals surface area contributed by atoms with Crippen LogP contribution in [0, 0.1) is 0 Å². The first-order chi connectivity index (χ1) is 22.8. The number of carbonyl (C=O) groups is 2. The van der Waals surface area contributed by atoms with Crippen molar-refractivity contribution >= 4 is 44.1 Å². The van der Waals surface area contributed by atoms with Crippen LogP contribution in [0.25, 0.3) is 32.3 Å². The zero-order valence-corrected chi connectivity index (χ0v) is 26.5. The standard InChI is InChI=1S/C37H40N2O8/c1-23(40)10-17-33(42)46-22-31-30(41)19-32(47-31)39-20-28(36(43)38-37(39)44)21-45-18-5-3-2-4-7-24-11-12-27-14-13-25-8-6-9-26-15-16-29(24)35(27)34(25)26/h6,8-9,11-16,20,30-32,41H,2-5,7,10,17-19,21-22H2,1H3,(H,38,43,44). The van der Waals surface area contributed by atoms with Crippen molar-refractivity contribution in [2.45, 2.75) is 83.3 Å². The highest BCUT2D eigenvalue weighted by atomic mass is 16.6. The number of aromatic amines is 1. The fraction of sp³-hybridized carbons (Fsp3) is 0.405. The number of rotatable bonds is 15. The lowest BCUT2D eigenvalue weighted by atomic mass is 9.90. The number of Topliss-reactive ketones (excluding diaryl/α,β-unsaturated/α-hetero) is 1. The zero-order valence-electron chi connectivity index (χ0n) is 26.5. The summed E-state index contributed by atoms with van der Waals surface area (Å²) in [6.45, 7) is 1.69. The number of ether oxygens (including phenoxy) is 3. The first-order valence-corrected chi connectivity index (χ1v) is 16.3. The number of hydrogen-bond acceptors (Lipinski definition) is 8. The summed E-state index contributed by atoms with van der Waals surface area (Å²) in [6, 6.07) is 19.9. The van der Waals surface area contributed by atoms with Gasteiger partial charge in [0.05, 0.1) is 24.7 Å². The third-order valence-corrected chi connectivity index (χ3v) is 9.01. The fourth-order valence-corrected chi connectivity index (χ4v) is 6.47. The van der Waals surface area contributed by atoms with E-state index in [1.165, 1.54) is 55.6 Å². The molecule has 4 aromatic carbocycles. The number of aromatic nitrogens is 2. The predicted octanol–water partition coefficient (Wildman–Crippen LogP) is 5.31. The van der Waals surface area contributed by atoms with Crippen LogP contribution in [0.15, 0.2) is 70.4 Å². The minimum Gasteiger partial charge on any atom is -0.463 e. The number of aliphatic hydroxyl groups is 1. The summed E-state index contributed by atoms with van der Waals surface area (Å²) >= 11 is 0. The van der Waals surface area contributed by atoms with Crippen molar-refractivity contribution in [1.82, 2.24) is 9.55 Å². The molecule has 246 valence electrons. The molecule has 3 atom stereocenters. The molecule has 1 fully saturated rings. The molecule has 47 heavy (non-hydrogen) atoms. The molecule has 5 aromatic rings. The van der Waals surface area contributed by atoms with E-state index in [4.69, 9.17) is 14.2 Å². The van der Waals surface area contributed by atoms with Gasteiger partial charge in [-0.1, -0.05) is 67.4 Å². The van der Waals surface area contributed by atoms with E-state index in [0.717, 1.165) is 32.1 Å². The Hall–Kier alpha value is -4.38. The van der Waals surface area contributed by atoms with Crippen LogP contribution in [-0.4, -0.2) is 51.8 Å². The maximum atomic E-state index is 12.5. The molecular weight excluding hydrogens is 600 g/mol. The Kier molecular flexibility index (Phi) is 10.1. The van der Waals surface area contributed by atoms with Gasteiger partial charge < -0.3 is 24.1 Å². The molecule has 1 aliphatic rings. The summed E-state index contributed by atoms with van der Waals surface area (Å²) in [5.41, 5.74) is 0.446. The quantitative estimate of drug-likeness (QED) is 0.0892. The summed E-state index contributed by atoms with van der Waals surface area (Å²) in [4.78, 5) is 50.2. The Bertz CT molecular complexity index is 1980. The van der Waals surface area contributed by atoms with Gasteiger partial charge in [-0.3, -0.25) is 19.1 Å². The minimum absolute atomic E-state index is 0.0325. The summed E-state index contributed by atoms with van der Waals surface area (Å²) in [7, 11) is 0. The number of ketones is 1. The van der Waals surface area contributed by atoms with E-state index in [1.54, 1.807) is 0 Å². The summed E-state index contributed by atoms with van der Waals surface area (Å²) in [5.74, 6) is -0.688. The van der Waals surface area contributed by atoms with Crippen molar-refractivity contribution in [2.75, 3.05) is 13.2 Å². The Balaban J connectivity index is 0.953. The number of nitrogens with one attached hydrogen (secondary N) is 1. The molecule has 0 amide bonds. The molecule has 2 heterocycles. The molecule has 0 spiro atoms. The van der Waals surface area contributed by atoms with Crippen molar-refractivity contribution in [2.24, 2.45) is 0 Å². The number of unbranched alkanes of at least 4 members (excludes halogenated alkanes) is 3. The molecule has 10 heteroatoms. The third kappa shape index (κ3) is 7.45. The Labute approximate surface area is 271 Å². The Morgan fingerprint density at radius 3 is 2.43 bits per heavy atom. The number of nitrogens with zero attached hydrogens (tertiary/aromatic N) is 1. The van der Waals surface area contributed by atoms with Gasteiger partial charge in [0.25, 0.3) is 5.56 Å². The van der Waals surface area contributed by atoms with Gasteiger partial charge in [-0.05, 0) is 64.1 Å². The van der Waals surface area contributed by atoms with Crippen molar-refractivity contribution in [3.63, 3.8) is 0 Å². The smallest absolute Gasteiger partial charge is 0.330 e. The topological polar surface area (TPSA) is 137 Å². The maximum Gasteiger partial charge on any atom is 0.330 e. The SMILES string of the molecule is CC(=O)CCC(=O)OCC1OC(n2cc(COCCCCCCc3ccc4ccc5cccc6ccc3c4c56)c(=O)[nH]c2=O)CC1O. The summed E-state index contributed by atoms with van der Waals surface area (Å²) in [6.07, 6.45) is 3.83. The molecule has 0 aliphatic carbocycles. The van der Waals surface area contributed by atoms with Crippen LogP contribution in [0.3, 0.4) is 0 Å². The maximum absolute atomic E-state index is 12.5. The molecule has 3 unspecified atom stereocenters. The van der Waals surface area contributed by atoms with E-state index >= 15 is 0 Å². The van der Waals surface area contributed by atoms with E-state index < -0.39 is 35.7 Å². The van der Waals surface area contributed by atoms with Gasteiger partial charge >= 0.3 is 11.7 Å². The van der Waals surface area contributed by atoms with Crippen LogP contribution in [0.1, 0.15) is 69.2 Å². The highest BCUT2D eigenvalue weighted by Crippen LogP contribution is 2.36. The van der Waals surface area contributed by atoms with Gasteiger partial charge in [-0.15, -0.1) is 0 Å². The molecule has 0 saturated carbocycles. The van der Waals surface area contributed by atoms with Gasteiger partial charge in [0, 0.05) is 25.6 Å². The molecule has 2 N–H and O–H groups in total. The van der Waals surface area contributed by atoms with E-state index in [1.807, 2.05) is 0 Å². The lowest BCUT2D eigenvalue weighted by Crippen LogP contribution is -2.34. The number of aryl methyl sites for hydroxylation is 1. The number of hydrogen-bond donors (Lipinski definition) is 2. The second-order valence-corrected chi connectivity index (χ2v) is 12.4. The average Bonchev–Trinajstić information content (AvgIpc) is 3.43. The minimum atomic E-state index is -0.979. The van der Waals surface area contributed by atoms with E-state index in [-0.39, 0.29) is 43.8 Å². The average molecular weight is 641 g/mol. The highest BCUT2D eigenvalue weighted by Gasteiger charge is 2.36. The molecular formula is C37H40N2O8. The van der Waals surface area contributed by atoms with Crippen LogP contribution in [0.5, 0.6) is 0 Å². The Morgan fingerprint density at radius 2 is 1.64 bits per heavy atom. The van der Waals surface area contributed by atoms with Crippen LogP contribution in [0.4, 0.5) is 0 Å². The summed E-state index contributed by atoms with van der Waals surface area (Å²) in [5, 5.41) is 18.3. The van der Waals surface area contributed by atoms with Gasteiger partial charge in [-0.2, -0.15) is 0 Å². The lowest BCUT2D eigenvalue weighted by Gasteiger charge is -2.17. The Morgan fingerprint density at radius 1 is 0.915 bits per heavy atom. The predicted molar refractivity (Wildman–Crippen MR) is 179 cm³/mol. The largest absolute Gasteiger partial charge is 0.463 e. The number of esters is 1. The molecule has 1 aromatic heterocycles. The normalized spacial score (nSPS) is 18.0. The molecule has 0 radical (unpaired) electrons.